The molecule has 9 heteroatoms. The van der Waals surface area contributed by atoms with Crippen molar-refractivity contribution in [2.24, 2.45) is 0 Å². The van der Waals surface area contributed by atoms with Crippen molar-refractivity contribution in [2.75, 3.05) is 39.8 Å². The van der Waals surface area contributed by atoms with Crippen LogP contribution in [0.4, 0.5) is 4.79 Å². The van der Waals surface area contributed by atoms with Gasteiger partial charge in [-0.25, -0.2) is 4.79 Å². The van der Waals surface area contributed by atoms with E-state index in [9.17, 15) is 4.79 Å². The Labute approximate surface area is 146 Å². The molecule has 1 aliphatic rings. The van der Waals surface area contributed by atoms with Gasteiger partial charge >= 0.3 is 6.03 Å². The van der Waals surface area contributed by atoms with Gasteiger partial charge in [0.1, 0.15) is 5.75 Å². The summed E-state index contributed by atoms with van der Waals surface area (Å²) in [6.07, 6.45) is 0. The number of urea groups is 1. The van der Waals surface area contributed by atoms with Crippen LogP contribution in [0.15, 0.2) is 24.3 Å². The molecule has 1 N–H and O–H groups in total. The van der Waals surface area contributed by atoms with Crippen LogP contribution in [0.1, 0.15) is 12.7 Å². The molecule has 1 fully saturated rings. The van der Waals surface area contributed by atoms with Crippen molar-refractivity contribution < 1.29 is 9.53 Å². The highest BCUT2D eigenvalue weighted by molar-refractivity contribution is 5.74. The number of aromatic nitrogens is 4. The summed E-state index contributed by atoms with van der Waals surface area (Å²) in [6.45, 7) is 6.22. The van der Waals surface area contributed by atoms with E-state index in [1.807, 2.05) is 36.1 Å². The number of ether oxygens (including phenoxy) is 1. The molecule has 0 spiro atoms. The minimum atomic E-state index is 0.00483. The smallest absolute Gasteiger partial charge is 0.317 e. The van der Waals surface area contributed by atoms with Crippen LogP contribution in [0.2, 0.25) is 0 Å². The van der Waals surface area contributed by atoms with Gasteiger partial charge in [-0.2, -0.15) is 4.68 Å². The normalized spacial score (nSPS) is 15.2. The van der Waals surface area contributed by atoms with Crippen molar-refractivity contribution in [1.29, 1.82) is 0 Å². The van der Waals surface area contributed by atoms with Gasteiger partial charge in [0.15, 0.2) is 5.82 Å². The van der Waals surface area contributed by atoms with E-state index in [2.05, 4.69) is 25.7 Å². The van der Waals surface area contributed by atoms with Crippen LogP contribution >= 0.6 is 0 Å². The van der Waals surface area contributed by atoms with E-state index in [0.717, 1.165) is 30.4 Å². The summed E-state index contributed by atoms with van der Waals surface area (Å²) in [5.74, 6) is 1.57. The molecule has 0 atom stereocenters. The summed E-state index contributed by atoms with van der Waals surface area (Å²) in [4.78, 5) is 16.0. The van der Waals surface area contributed by atoms with E-state index >= 15 is 0 Å². The van der Waals surface area contributed by atoms with Crippen LogP contribution in [0.3, 0.4) is 0 Å². The third-order valence-electron chi connectivity index (χ3n) is 4.20. The fourth-order valence-electron chi connectivity index (χ4n) is 2.80. The average molecular weight is 345 g/mol. The van der Waals surface area contributed by atoms with E-state index in [1.54, 1.807) is 11.8 Å². The van der Waals surface area contributed by atoms with E-state index in [0.29, 0.717) is 26.2 Å². The Balaban J connectivity index is 1.61. The van der Waals surface area contributed by atoms with Crippen LogP contribution in [0.5, 0.6) is 5.75 Å². The summed E-state index contributed by atoms with van der Waals surface area (Å²) < 4.78 is 6.91. The highest BCUT2D eigenvalue weighted by atomic mass is 16.5. The van der Waals surface area contributed by atoms with Gasteiger partial charge in [0.05, 0.1) is 19.3 Å². The lowest BCUT2D eigenvalue weighted by atomic mass is 10.3. The van der Waals surface area contributed by atoms with Crippen molar-refractivity contribution in [3.8, 4) is 11.4 Å². The van der Waals surface area contributed by atoms with Crippen molar-refractivity contribution in [3.05, 3.63) is 30.1 Å². The zero-order valence-corrected chi connectivity index (χ0v) is 14.6. The summed E-state index contributed by atoms with van der Waals surface area (Å²) >= 11 is 0. The molecule has 1 aromatic carbocycles. The first kappa shape index (κ1) is 17.2. The molecule has 2 amide bonds. The number of nitrogens with one attached hydrogen (secondary N) is 1. The summed E-state index contributed by atoms with van der Waals surface area (Å²) in [6, 6.07) is 7.61. The maximum absolute atomic E-state index is 11.9. The third-order valence-corrected chi connectivity index (χ3v) is 4.20. The molecule has 1 aliphatic heterocycles. The van der Waals surface area contributed by atoms with Gasteiger partial charge in [-0.3, -0.25) is 4.90 Å². The van der Waals surface area contributed by atoms with Gasteiger partial charge in [-0.1, -0.05) is 0 Å². The number of piperazine rings is 1. The molecule has 3 rings (SSSR count). The fourth-order valence-corrected chi connectivity index (χ4v) is 2.80. The number of rotatable bonds is 5. The molecule has 2 aromatic rings. The fraction of sp³-hybridized carbons (Fsp3) is 0.500. The number of methoxy groups -OCH3 is 1. The number of amides is 2. The van der Waals surface area contributed by atoms with Crippen molar-refractivity contribution in [3.63, 3.8) is 0 Å². The maximum atomic E-state index is 11.9. The van der Waals surface area contributed by atoms with Crippen molar-refractivity contribution >= 4 is 6.03 Å². The third kappa shape index (κ3) is 4.05. The Morgan fingerprint density at radius 1 is 1.20 bits per heavy atom. The first-order valence-electron chi connectivity index (χ1n) is 8.38. The second-order valence-electron chi connectivity index (χ2n) is 5.80. The lowest BCUT2D eigenvalue weighted by Gasteiger charge is -2.34. The molecule has 134 valence electrons. The number of tetrazole rings is 1. The van der Waals surface area contributed by atoms with Crippen LogP contribution < -0.4 is 10.1 Å². The molecule has 0 bridgehead atoms. The van der Waals surface area contributed by atoms with Gasteiger partial charge in [-0.15, -0.1) is 5.10 Å². The average Bonchev–Trinajstić information content (AvgIpc) is 3.10. The molecule has 0 aliphatic carbocycles. The summed E-state index contributed by atoms with van der Waals surface area (Å²) in [7, 11) is 1.64. The van der Waals surface area contributed by atoms with Gasteiger partial charge in [-0.05, 0) is 41.6 Å². The second-order valence-corrected chi connectivity index (χ2v) is 5.80. The quantitative estimate of drug-likeness (QED) is 0.850. The molecular weight excluding hydrogens is 322 g/mol. The molecule has 25 heavy (non-hydrogen) atoms. The first-order valence-corrected chi connectivity index (χ1v) is 8.38. The first-order chi connectivity index (χ1) is 12.2. The van der Waals surface area contributed by atoms with Crippen LogP contribution in [-0.2, 0) is 6.54 Å². The van der Waals surface area contributed by atoms with Gasteiger partial charge in [0, 0.05) is 32.7 Å². The molecule has 9 nitrogen and oxygen atoms in total. The van der Waals surface area contributed by atoms with Gasteiger partial charge in [0.25, 0.3) is 0 Å². The molecule has 1 saturated heterocycles. The molecule has 0 saturated carbocycles. The molecule has 0 unspecified atom stereocenters. The predicted octanol–water partition coefficient (Wildman–Crippen LogP) is 0.518. The van der Waals surface area contributed by atoms with Crippen LogP contribution in [0, 0.1) is 0 Å². The zero-order chi connectivity index (χ0) is 17.6. The van der Waals surface area contributed by atoms with E-state index in [4.69, 9.17) is 4.74 Å². The van der Waals surface area contributed by atoms with Gasteiger partial charge < -0.3 is 15.0 Å². The lowest BCUT2D eigenvalue weighted by Crippen LogP contribution is -2.51. The number of hydrogen-bond acceptors (Lipinski definition) is 6. The highest BCUT2D eigenvalue weighted by Gasteiger charge is 2.22. The van der Waals surface area contributed by atoms with Crippen molar-refractivity contribution in [2.45, 2.75) is 13.5 Å². The summed E-state index contributed by atoms with van der Waals surface area (Å²) in [5.41, 5.74) is 0.891. The van der Waals surface area contributed by atoms with E-state index in [-0.39, 0.29) is 6.03 Å². The Hall–Kier alpha value is -2.68. The Kier molecular flexibility index (Phi) is 5.44. The number of carbonyl (C=O) groups is 1. The minimum Gasteiger partial charge on any atom is -0.497 e. The standard InChI is InChI=1S/C16H23N7O2/c1-3-17-16(24)22-10-8-21(9-11-22)12-15-18-19-20-23(15)13-4-6-14(25-2)7-5-13/h4-7H,3,8-12H2,1-2H3,(H,17,24). The zero-order valence-electron chi connectivity index (χ0n) is 14.6. The lowest BCUT2D eigenvalue weighted by molar-refractivity contribution is 0.133. The topological polar surface area (TPSA) is 88.4 Å². The SMILES string of the molecule is CCNC(=O)N1CCN(Cc2nnnn2-c2ccc(OC)cc2)CC1. The monoisotopic (exact) mass is 345 g/mol. The minimum absolute atomic E-state index is 0.00483. The molecular formula is C16H23N7O2. The van der Waals surface area contributed by atoms with Crippen LogP contribution in [0.25, 0.3) is 5.69 Å². The molecule has 2 heterocycles. The number of benzene rings is 1. The highest BCUT2D eigenvalue weighted by Crippen LogP contribution is 2.16. The predicted molar refractivity (Wildman–Crippen MR) is 91.6 cm³/mol. The van der Waals surface area contributed by atoms with Gasteiger partial charge in [0.2, 0.25) is 0 Å². The maximum Gasteiger partial charge on any atom is 0.317 e. The van der Waals surface area contributed by atoms with Crippen LogP contribution in [-0.4, -0.2) is 75.9 Å². The Morgan fingerprint density at radius 2 is 1.92 bits per heavy atom. The Morgan fingerprint density at radius 3 is 2.56 bits per heavy atom. The Bertz CT molecular complexity index is 693. The number of hydrogen-bond donors (Lipinski definition) is 1. The largest absolute Gasteiger partial charge is 0.497 e. The second kappa shape index (κ2) is 7.93. The van der Waals surface area contributed by atoms with E-state index in [1.165, 1.54) is 0 Å². The van der Waals surface area contributed by atoms with E-state index < -0.39 is 0 Å². The van der Waals surface area contributed by atoms with Crippen molar-refractivity contribution in [1.82, 2.24) is 35.3 Å². The number of nitrogens with zero attached hydrogens (tertiary/aromatic N) is 6. The number of carbonyl (C=O) groups excluding carboxylic acids is 1. The molecule has 1 aromatic heterocycles. The molecule has 0 radical (unpaired) electrons. The summed E-state index contributed by atoms with van der Waals surface area (Å²) in [5, 5.41) is 14.9.